The molecule has 3 saturated carbocycles. The summed E-state index contributed by atoms with van der Waals surface area (Å²) in [6.45, 7) is 0. The fraction of sp³-hybridized carbons (Fsp3) is 0.833. The Hall–Kier alpha value is 0.952. The normalized spacial score (nSPS) is 21.6. The molecule has 0 spiro atoms. The Morgan fingerprint density at radius 3 is 0.600 bits per heavy atom. The smallest absolute Gasteiger partial charge is 0 e. The first-order valence-corrected chi connectivity index (χ1v) is 8.45. The molecule has 0 nitrogen and oxygen atoms in total. The van der Waals surface area contributed by atoms with Crippen molar-refractivity contribution in [1.29, 1.82) is 0 Å². The molecule has 0 aliphatic heterocycles. The molecule has 0 N–H and O–H groups in total. The predicted octanol–water partition coefficient (Wildman–Crippen LogP) is 6.88. The quantitative estimate of drug-likeness (QED) is 0.311. The second kappa shape index (κ2) is 20.0. The van der Waals surface area contributed by atoms with Gasteiger partial charge in [0, 0.05) is 20.4 Å². The van der Waals surface area contributed by atoms with Crippen LogP contribution >= 0.6 is 12.4 Å². The Morgan fingerprint density at radius 2 is 0.550 bits per heavy atom. The summed E-state index contributed by atoms with van der Waals surface area (Å²) < 4.78 is 0. The van der Waals surface area contributed by atoms with E-state index in [1.54, 1.807) is 0 Å². The van der Waals surface area contributed by atoms with Crippen LogP contribution in [0.1, 0.15) is 96.3 Å². The van der Waals surface area contributed by atoms with Crippen molar-refractivity contribution in [3.05, 3.63) is 19.3 Å². The first kappa shape index (κ1) is 23.2. The van der Waals surface area contributed by atoms with Crippen LogP contribution in [0.15, 0.2) is 0 Å². The maximum absolute atomic E-state index is 2.39. The van der Waals surface area contributed by atoms with E-state index >= 15 is 0 Å². The van der Waals surface area contributed by atoms with Crippen molar-refractivity contribution in [1.82, 2.24) is 0 Å². The maximum Gasteiger partial charge on any atom is 0 e. The fourth-order valence-corrected chi connectivity index (χ4v) is 2.70. The van der Waals surface area contributed by atoms with Gasteiger partial charge in [0.25, 0.3) is 0 Å². The summed E-state index contributed by atoms with van der Waals surface area (Å²) in [7, 11) is 0. The van der Waals surface area contributed by atoms with Crippen LogP contribution in [0.4, 0.5) is 0 Å². The Kier molecular flexibility index (Phi) is 23.2. The van der Waals surface area contributed by atoms with E-state index in [9.17, 15) is 0 Å². The van der Waals surface area contributed by atoms with Gasteiger partial charge < -0.3 is 19.3 Å². The minimum Gasteiger partial charge on any atom is -0.328 e. The molecule has 0 atom stereocenters. The van der Waals surface area contributed by atoms with Crippen molar-refractivity contribution in [2.45, 2.75) is 96.3 Å². The van der Waals surface area contributed by atoms with Gasteiger partial charge in [0.05, 0.1) is 0 Å². The molecule has 0 unspecified atom stereocenters. The van der Waals surface area contributed by atoms with E-state index in [0.717, 1.165) is 0 Å². The van der Waals surface area contributed by atoms with Gasteiger partial charge in [0.15, 0.2) is 0 Å². The molecular formula is C18H34ClPd-3. The van der Waals surface area contributed by atoms with Gasteiger partial charge in [-0.05, 0) is 0 Å². The number of rotatable bonds is 0. The molecule has 0 amide bonds. The molecular weight excluding hydrogens is 358 g/mol. The summed E-state index contributed by atoms with van der Waals surface area (Å²) in [5.41, 5.74) is 0. The molecule has 3 aliphatic carbocycles. The first-order valence-electron chi connectivity index (χ1n) is 8.45. The molecule has 126 valence electrons. The van der Waals surface area contributed by atoms with Gasteiger partial charge in [-0.3, -0.25) is 0 Å². The molecule has 0 heterocycles. The zero-order valence-electron chi connectivity index (χ0n) is 13.1. The Balaban J connectivity index is 0. The third-order valence-corrected chi connectivity index (χ3v) is 3.95. The van der Waals surface area contributed by atoms with Gasteiger partial charge in [0.2, 0.25) is 0 Å². The summed E-state index contributed by atoms with van der Waals surface area (Å²) in [4.78, 5) is 0. The van der Waals surface area contributed by atoms with Gasteiger partial charge in [0.1, 0.15) is 0 Å². The van der Waals surface area contributed by atoms with Crippen LogP contribution in [0.3, 0.4) is 0 Å². The summed E-state index contributed by atoms with van der Waals surface area (Å²) >= 11 is 0. The fourth-order valence-electron chi connectivity index (χ4n) is 2.70. The van der Waals surface area contributed by atoms with Crippen LogP contribution in [-0.4, -0.2) is 0 Å². The van der Waals surface area contributed by atoms with Crippen molar-refractivity contribution in [2.24, 2.45) is 0 Å². The van der Waals surface area contributed by atoms with E-state index in [0.29, 0.717) is 0 Å². The van der Waals surface area contributed by atoms with E-state index in [-0.39, 0.29) is 32.8 Å². The molecule has 0 aromatic rings. The van der Waals surface area contributed by atoms with Gasteiger partial charge >= 0.3 is 0 Å². The number of hydrogen-bond donors (Lipinski definition) is 0. The van der Waals surface area contributed by atoms with Crippen LogP contribution in [0.5, 0.6) is 0 Å². The van der Waals surface area contributed by atoms with Gasteiger partial charge in [-0.2, -0.15) is 38.5 Å². The molecule has 0 radical (unpaired) electrons. The van der Waals surface area contributed by atoms with Crippen molar-refractivity contribution in [2.75, 3.05) is 0 Å². The largest absolute Gasteiger partial charge is 0.328 e. The topological polar surface area (TPSA) is 0 Å². The molecule has 0 saturated heterocycles. The van der Waals surface area contributed by atoms with E-state index in [4.69, 9.17) is 0 Å². The number of halogens is 1. The van der Waals surface area contributed by atoms with Crippen LogP contribution in [0.25, 0.3) is 0 Å². The van der Waals surface area contributed by atoms with Gasteiger partial charge in [-0.15, -0.1) is 12.4 Å². The molecule has 3 aliphatic rings. The molecule has 3 fully saturated rings. The second-order valence-corrected chi connectivity index (χ2v) is 5.78. The predicted molar refractivity (Wildman–Crippen MR) is 89.4 cm³/mol. The van der Waals surface area contributed by atoms with Crippen LogP contribution in [0.2, 0.25) is 0 Å². The molecule has 0 aromatic carbocycles. The Bertz CT molecular complexity index is 86.4. The minimum atomic E-state index is 0. The Labute approximate surface area is 148 Å². The Morgan fingerprint density at radius 1 is 0.350 bits per heavy atom. The van der Waals surface area contributed by atoms with E-state index < -0.39 is 0 Å². The van der Waals surface area contributed by atoms with Crippen LogP contribution in [0, 0.1) is 19.3 Å². The summed E-state index contributed by atoms with van der Waals surface area (Å²) in [5, 5.41) is 0. The van der Waals surface area contributed by atoms with E-state index in [1.165, 1.54) is 96.3 Å². The molecule has 0 aromatic heterocycles. The van der Waals surface area contributed by atoms with Crippen LogP contribution in [-0.2, 0) is 20.4 Å². The summed E-state index contributed by atoms with van der Waals surface area (Å²) in [6, 6.07) is 0. The third kappa shape index (κ3) is 17.0. The average Bonchev–Trinajstić information content (AvgIpc) is 2.54. The zero-order chi connectivity index (χ0) is 12.7. The molecule has 2 heteroatoms. The third-order valence-electron chi connectivity index (χ3n) is 3.95. The maximum atomic E-state index is 2.39. The first-order chi connectivity index (χ1) is 9.00. The van der Waals surface area contributed by atoms with Gasteiger partial charge in [-0.1, -0.05) is 57.8 Å². The summed E-state index contributed by atoms with van der Waals surface area (Å²) in [5.74, 6) is 0. The average molecular weight is 392 g/mol. The number of hydrogen-bond acceptors (Lipinski definition) is 0. The van der Waals surface area contributed by atoms with Crippen molar-refractivity contribution in [3.63, 3.8) is 0 Å². The van der Waals surface area contributed by atoms with Crippen molar-refractivity contribution < 1.29 is 20.4 Å². The SMILES string of the molecule is Cl.[CH-]1CCCCC1.[CH-]1CCCCC1.[CH-]1CCCCC1.[Pd]. The van der Waals surface area contributed by atoms with Crippen molar-refractivity contribution >= 4 is 12.4 Å². The van der Waals surface area contributed by atoms with E-state index in [2.05, 4.69) is 19.3 Å². The van der Waals surface area contributed by atoms with Gasteiger partial charge in [-0.25, -0.2) is 0 Å². The molecule has 20 heavy (non-hydrogen) atoms. The molecule has 0 bridgehead atoms. The van der Waals surface area contributed by atoms with Crippen molar-refractivity contribution in [3.8, 4) is 0 Å². The van der Waals surface area contributed by atoms with Crippen LogP contribution < -0.4 is 0 Å². The minimum absolute atomic E-state index is 0. The zero-order valence-corrected chi connectivity index (χ0v) is 15.4. The van der Waals surface area contributed by atoms with E-state index in [1.807, 2.05) is 0 Å². The second-order valence-electron chi connectivity index (χ2n) is 5.78. The molecule has 3 rings (SSSR count). The monoisotopic (exact) mass is 391 g/mol. The standard InChI is InChI=1S/3C6H11.ClH.Pd/c3*1-2-4-6-5-3-1;;/h3*1H,2-6H2;1H;/q3*-1;;. The summed E-state index contributed by atoms with van der Waals surface area (Å²) in [6.07, 6.45) is 28.5.